The molecule has 0 saturated carbocycles. The van der Waals surface area contributed by atoms with E-state index in [0.717, 1.165) is 12.0 Å². The maximum Gasteiger partial charge on any atom is 0.227 e. The summed E-state index contributed by atoms with van der Waals surface area (Å²) < 4.78 is 13.4. The monoisotopic (exact) mass is 231 g/mol. The third-order valence-corrected chi connectivity index (χ3v) is 2.80. The van der Waals surface area contributed by atoms with Gasteiger partial charge in [-0.3, -0.25) is 0 Å². The lowest BCUT2D eigenvalue weighted by molar-refractivity contribution is 0.568. The molecule has 0 aliphatic carbocycles. The zero-order chi connectivity index (χ0) is 9.14. The van der Waals surface area contributed by atoms with Crippen LogP contribution in [0.5, 0.6) is 0 Å². The number of pyridine rings is 1. The summed E-state index contributed by atoms with van der Waals surface area (Å²) in [6.07, 6.45) is 2.50. The SMILES string of the molecule is CCC(C)c1ccnc(F)c1Br. The van der Waals surface area contributed by atoms with Crippen molar-refractivity contribution in [2.75, 3.05) is 0 Å². The van der Waals surface area contributed by atoms with Crippen LogP contribution in [0, 0.1) is 5.95 Å². The van der Waals surface area contributed by atoms with E-state index >= 15 is 0 Å². The Hall–Kier alpha value is -0.440. The summed E-state index contributed by atoms with van der Waals surface area (Å²) in [6, 6.07) is 1.85. The number of halogens is 2. The van der Waals surface area contributed by atoms with Crippen LogP contribution < -0.4 is 0 Å². The van der Waals surface area contributed by atoms with E-state index in [1.807, 2.05) is 6.07 Å². The summed E-state index contributed by atoms with van der Waals surface area (Å²) in [5.41, 5.74) is 0.991. The van der Waals surface area contributed by atoms with Crippen molar-refractivity contribution in [1.82, 2.24) is 4.98 Å². The first-order valence-electron chi connectivity index (χ1n) is 3.96. The Labute approximate surface area is 80.1 Å². The molecule has 0 N–H and O–H groups in total. The molecular formula is C9H11BrFN. The maximum absolute atomic E-state index is 12.9. The summed E-state index contributed by atoms with van der Waals surface area (Å²) >= 11 is 3.18. The first kappa shape index (κ1) is 9.65. The van der Waals surface area contributed by atoms with Gasteiger partial charge in [0.15, 0.2) is 0 Å². The molecule has 1 rings (SSSR count). The lowest BCUT2D eigenvalue weighted by atomic mass is 10.0. The van der Waals surface area contributed by atoms with E-state index in [4.69, 9.17) is 0 Å². The van der Waals surface area contributed by atoms with Gasteiger partial charge in [-0.15, -0.1) is 0 Å². The van der Waals surface area contributed by atoms with Gasteiger partial charge in [0.25, 0.3) is 0 Å². The predicted molar refractivity (Wildman–Crippen MR) is 50.6 cm³/mol. The quantitative estimate of drug-likeness (QED) is 0.711. The molecule has 1 aromatic rings. The standard InChI is InChI=1S/C9H11BrFN/c1-3-6(2)7-4-5-12-9(11)8(7)10/h4-6H,3H2,1-2H3. The van der Waals surface area contributed by atoms with E-state index in [2.05, 4.69) is 34.8 Å². The zero-order valence-corrected chi connectivity index (χ0v) is 8.73. The van der Waals surface area contributed by atoms with Crippen LogP contribution in [0.25, 0.3) is 0 Å². The highest BCUT2D eigenvalue weighted by atomic mass is 79.9. The van der Waals surface area contributed by atoms with Gasteiger partial charge in [0.1, 0.15) is 0 Å². The number of rotatable bonds is 2. The second kappa shape index (κ2) is 3.99. The maximum atomic E-state index is 12.9. The Kier molecular flexibility index (Phi) is 3.20. The molecule has 3 heteroatoms. The number of hydrogen-bond donors (Lipinski definition) is 0. The van der Waals surface area contributed by atoms with Gasteiger partial charge in [0.2, 0.25) is 5.95 Å². The third kappa shape index (κ3) is 1.83. The number of aromatic nitrogens is 1. The van der Waals surface area contributed by atoms with Crippen LogP contribution in [0.1, 0.15) is 31.7 Å². The van der Waals surface area contributed by atoms with E-state index < -0.39 is 5.95 Å². The molecule has 1 nitrogen and oxygen atoms in total. The van der Waals surface area contributed by atoms with Gasteiger partial charge in [-0.2, -0.15) is 4.39 Å². The highest BCUT2D eigenvalue weighted by molar-refractivity contribution is 9.10. The summed E-state index contributed by atoms with van der Waals surface area (Å²) in [5.74, 6) is -0.0512. The van der Waals surface area contributed by atoms with Gasteiger partial charge in [-0.1, -0.05) is 13.8 Å². The fraction of sp³-hybridized carbons (Fsp3) is 0.444. The van der Waals surface area contributed by atoms with Crippen molar-refractivity contribution < 1.29 is 4.39 Å². The van der Waals surface area contributed by atoms with Crippen LogP contribution >= 0.6 is 15.9 Å². The van der Waals surface area contributed by atoms with Crippen molar-refractivity contribution in [3.05, 3.63) is 28.2 Å². The van der Waals surface area contributed by atoms with Crippen molar-refractivity contribution in [3.8, 4) is 0 Å². The Balaban J connectivity index is 3.07. The molecule has 1 atom stereocenters. The molecule has 0 aromatic carbocycles. The van der Waals surface area contributed by atoms with E-state index in [1.165, 1.54) is 6.20 Å². The van der Waals surface area contributed by atoms with Crippen LogP contribution in [-0.4, -0.2) is 4.98 Å². The molecule has 66 valence electrons. The molecule has 12 heavy (non-hydrogen) atoms. The minimum atomic E-state index is -0.423. The van der Waals surface area contributed by atoms with Crippen LogP contribution in [0.3, 0.4) is 0 Å². The molecule has 0 aliphatic rings. The third-order valence-electron chi connectivity index (χ3n) is 2.02. The molecule has 0 saturated heterocycles. The predicted octanol–water partition coefficient (Wildman–Crippen LogP) is 3.50. The Morgan fingerprint density at radius 3 is 2.92 bits per heavy atom. The Morgan fingerprint density at radius 1 is 1.67 bits per heavy atom. The normalized spacial score (nSPS) is 13.0. The van der Waals surface area contributed by atoms with E-state index in [-0.39, 0.29) is 0 Å². The van der Waals surface area contributed by atoms with Gasteiger partial charge >= 0.3 is 0 Å². The van der Waals surface area contributed by atoms with Crippen LogP contribution in [0.4, 0.5) is 4.39 Å². The van der Waals surface area contributed by atoms with Crippen molar-refractivity contribution in [1.29, 1.82) is 0 Å². The molecule has 1 unspecified atom stereocenters. The van der Waals surface area contributed by atoms with Crippen LogP contribution in [0.15, 0.2) is 16.7 Å². The highest BCUT2D eigenvalue weighted by Crippen LogP contribution is 2.27. The molecule has 0 aliphatic heterocycles. The lowest BCUT2D eigenvalue weighted by Gasteiger charge is -2.10. The Morgan fingerprint density at radius 2 is 2.33 bits per heavy atom. The first-order chi connectivity index (χ1) is 5.66. The van der Waals surface area contributed by atoms with Gasteiger partial charge in [-0.05, 0) is 39.9 Å². The average molecular weight is 232 g/mol. The highest BCUT2D eigenvalue weighted by Gasteiger charge is 2.10. The summed E-state index contributed by atoms with van der Waals surface area (Å²) in [6.45, 7) is 4.15. The topological polar surface area (TPSA) is 12.9 Å². The van der Waals surface area contributed by atoms with Gasteiger partial charge in [-0.25, -0.2) is 4.98 Å². The van der Waals surface area contributed by atoms with Crippen molar-refractivity contribution >= 4 is 15.9 Å². The van der Waals surface area contributed by atoms with Crippen LogP contribution in [-0.2, 0) is 0 Å². The number of nitrogens with zero attached hydrogens (tertiary/aromatic N) is 1. The smallest absolute Gasteiger partial charge is 0.227 e. The largest absolute Gasteiger partial charge is 0.227 e. The molecule has 0 fully saturated rings. The Bertz CT molecular complexity index is 275. The minimum Gasteiger partial charge on any atom is -0.227 e. The summed E-state index contributed by atoms with van der Waals surface area (Å²) in [7, 11) is 0. The second-order valence-electron chi connectivity index (χ2n) is 2.81. The van der Waals surface area contributed by atoms with Gasteiger partial charge in [0, 0.05) is 6.20 Å². The summed E-state index contributed by atoms with van der Waals surface area (Å²) in [5, 5.41) is 0. The van der Waals surface area contributed by atoms with Gasteiger partial charge in [0.05, 0.1) is 4.47 Å². The molecule has 0 spiro atoms. The zero-order valence-electron chi connectivity index (χ0n) is 7.14. The van der Waals surface area contributed by atoms with Gasteiger partial charge < -0.3 is 0 Å². The second-order valence-corrected chi connectivity index (χ2v) is 3.61. The fourth-order valence-electron chi connectivity index (χ4n) is 1.03. The fourth-order valence-corrected chi connectivity index (χ4v) is 1.66. The number of hydrogen-bond acceptors (Lipinski definition) is 1. The molecule has 1 aromatic heterocycles. The van der Waals surface area contributed by atoms with E-state index in [1.54, 1.807) is 0 Å². The van der Waals surface area contributed by atoms with Crippen molar-refractivity contribution in [3.63, 3.8) is 0 Å². The molecule has 1 heterocycles. The minimum absolute atomic E-state index is 0.372. The molecule has 0 bridgehead atoms. The van der Waals surface area contributed by atoms with E-state index in [0.29, 0.717) is 10.4 Å². The first-order valence-corrected chi connectivity index (χ1v) is 4.76. The van der Waals surface area contributed by atoms with E-state index in [9.17, 15) is 4.39 Å². The lowest BCUT2D eigenvalue weighted by Crippen LogP contribution is -1.96. The van der Waals surface area contributed by atoms with Crippen LogP contribution in [0.2, 0.25) is 0 Å². The van der Waals surface area contributed by atoms with Crippen molar-refractivity contribution in [2.45, 2.75) is 26.2 Å². The molecule has 0 radical (unpaired) electrons. The summed E-state index contributed by atoms with van der Waals surface area (Å²) in [4.78, 5) is 3.54. The average Bonchev–Trinajstić information content (AvgIpc) is 2.08. The molecular weight excluding hydrogens is 221 g/mol. The van der Waals surface area contributed by atoms with Crippen molar-refractivity contribution in [2.24, 2.45) is 0 Å². The molecule has 0 amide bonds.